The number of aromatic nitrogens is 4. The van der Waals surface area contributed by atoms with Gasteiger partial charge in [-0.25, -0.2) is 9.97 Å². The minimum Gasteiger partial charge on any atom is -0.481 e. The van der Waals surface area contributed by atoms with Gasteiger partial charge in [0.05, 0.1) is 24.1 Å². The Hall–Kier alpha value is -3.52. The van der Waals surface area contributed by atoms with Gasteiger partial charge >= 0.3 is 5.97 Å². The molecule has 0 bridgehead atoms. The van der Waals surface area contributed by atoms with Crippen molar-refractivity contribution in [3.63, 3.8) is 0 Å². The first kappa shape index (κ1) is 20.7. The molecule has 8 heteroatoms. The van der Waals surface area contributed by atoms with E-state index in [-0.39, 0.29) is 12.3 Å². The number of nitrogens with zero attached hydrogens (tertiary/aromatic N) is 4. The molecular formula is C23H25N5O3. The number of imidazole rings is 1. The van der Waals surface area contributed by atoms with Crippen molar-refractivity contribution in [3.05, 3.63) is 77.8 Å². The number of pyridine rings is 2. The predicted octanol–water partition coefficient (Wildman–Crippen LogP) is 3.04. The highest BCUT2D eigenvalue weighted by Crippen LogP contribution is 2.24. The molecule has 0 aliphatic carbocycles. The maximum atomic E-state index is 11.3. The van der Waals surface area contributed by atoms with E-state index in [1.54, 1.807) is 36.9 Å². The molecule has 3 aromatic rings. The highest BCUT2D eigenvalue weighted by Gasteiger charge is 2.17. The van der Waals surface area contributed by atoms with Crippen LogP contribution in [0, 0.1) is 0 Å². The van der Waals surface area contributed by atoms with Gasteiger partial charge in [0.15, 0.2) is 0 Å². The highest BCUT2D eigenvalue weighted by atomic mass is 16.4. The van der Waals surface area contributed by atoms with Gasteiger partial charge in [0.2, 0.25) is 0 Å². The third-order valence-electron chi connectivity index (χ3n) is 5.33. The number of rotatable bonds is 8. The quantitative estimate of drug-likeness (QED) is 0.514. The van der Waals surface area contributed by atoms with E-state index in [0.717, 1.165) is 30.8 Å². The second kappa shape index (κ2) is 9.53. The average Bonchev–Trinajstić information content (AvgIpc) is 3.24. The second-order valence-electron chi connectivity index (χ2n) is 7.65. The zero-order valence-corrected chi connectivity index (χ0v) is 17.1. The number of aliphatic hydroxyl groups is 1. The molecule has 0 aromatic carbocycles. The van der Waals surface area contributed by atoms with Gasteiger partial charge in [-0.1, -0.05) is 12.1 Å². The Morgan fingerprint density at radius 2 is 2.23 bits per heavy atom. The summed E-state index contributed by atoms with van der Waals surface area (Å²) in [4.78, 5) is 24.3. The zero-order chi connectivity index (χ0) is 21.6. The summed E-state index contributed by atoms with van der Waals surface area (Å²) in [5.41, 5.74) is 3.31. The SMILES string of the molecule is O=C(O)CC(Cn1cnc(/C=C/C(O)c2ccc3c(n2)NCCC3)c1)c1cccnc1. The van der Waals surface area contributed by atoms with Crippen molar-refractivity contribution in [3.8, 4) is 0 Å². The van der Waals surface area contributed by atoms with Gasteiger partial charge in [-0.2, -0.15) is 0 Å². The Morgan fingerprint density at radius 3 is 3.03 bits per heavy atom. The van der Waals surface area contributed by atoms with Gasteiger partial charge in [-0.15, -0.1) is 0 Å². The van der Waals surface area contributed by atoms with Crippen molar-refractivity contribution >= 4 is 17.9 Å². The van der Waals surface area contributed by atoms with E-state index < -0.39 is 12.1 Å². The van der Waals surface area contributed by atoms with Gasteiger partial charge in [0.1, 0.15) is 11.9 Å². The number of nitrogens with one attached hydrogen (secondary N) is 1. The van der Waals surface area contributed by atoms with E-state index in [4.69, 9.17) is 0 Å². The summed E-state index contributed by atoms with van der Waals surface area (Å²) in [6.45, 7) is 1.37. The fourth-order valence-corrected chi connectivity index (χ4v) is 3.73. The molecule has 4 rings (SSSR count). The minimum absolute atomic E-state index is 0.00575. The Bertz CT molecular complexity index is 1060. The smallest absolute Gasteiger partial charge is 0.304 e. The van der Waals surface area contributed by atoms with Crippen molar-refractivity contribution in [2.24, 2.45) is 0 Å². The lowest BCUT2D eigenvalue weighted by Crippen LogP contribution is -2.14. The minimum atomic E-state index is -0.857. The first-order valence-corrected chi connectivity index (χ1v) is 10.3. The van der Waals surface area contributed by atoms with Crippen LogP contribution in [0.2, 0.25) is 0 Å². The van der Waals surface area contributed by atoms with Crippen LogP contribution in [0.3, 0.4) is 0 Å². The Labute approximate surface area is 180 Å². The van der Waals surface area contributed by atoms with Crippen molar-refractivity contribution in [2.75, 3.05) is 11.9 Å². The Kier molecular flexibility index (Phi) is 6.37. The fourth-order valence-electron chi connectivity index (χ4n) is 3.73. The number of aliphatic carboxylic acids is 1. The Balaban J connectivity index is 1.43. The van der Waals surface area contributed by atoms with E-state index >= 15 is 0 Å². The van der Waals surface area contributed by atoms with Crippen LogP contribution in [0.1, 0.15) is 47.4 Å². The molecule has 4 heterocycles. The standard InChI is InChI=1S/C23H25N5O3/c29-21(20-7-5-16-3-2-10-25-23(16)27-20)8-6-19-14-28(15-26-19)13-18(11-22(30)31)17-4-1-9-24-12-17/h1,4-9,12,14-15,18,21,29H,2-3,10-11,13H2,(H,25,27)(H,30,31)/b8-6+. The molecule has 1 aliphatic rings. The third kappa shape index (κ3) is 5.35. The van der Waals surface area contributed by atoms with Crippen LogP contribution in [0.15, 0.2) is 55.3 Å². The van der Waals surface area contributed by atoms with Crippen LogP contribution in [0.25, 0.3) is 6.08 Å². The van der Waals surface area contributed by atoms with Crippen LogP contribution in [-0.2, 0) is 17.8 Å². The maximum Gasteiger partial charge on any atom is 0.304 e. The number of aryl methyl sites for hydroxylation is 1. The summed E-state index contributed by atoms with van der Waals surface area (Å²) in [6.07, 6.45) is 11.5. The van der Waals surface area contributed by atoms with Crippen molar-refractivity contribution in [1.82, 2.24) is 19.5 Å². The largest absolute Gasteiger partial charge is 0.481 e. The number of aliphatic hydroxyl groups excluding tert-OH is 1. The van der Waals surface area contributed by atoms with E-state index in [2.05, 4.69) is 20.3 Å². The number of carbonyl (C=O) groups is 1. The number of carboxylic acid groups (broad SMARTS) is 1. The van der Waals surface area contributed by atoms with Crippen LogP contribution in [0.4, 0.5) is 5.82 Å². The first-order chi connectivity index (χ1) is 15.1. The average molecular weight is 419 g/mol. The molecule has 0 radical (unpaired) electrons. The van der Waals surface area contributed by atoms with Gasteiger partial charge in [0, 0.05) is 37.6 Å². The monoisotopic (exact) mass is 419 g/mol. The molecule has 31 heavy (non-hydrogen) atoms. The highest BCUT2D eigenvalue weighted by molar-refractivity contribution is 5.68. The molecule has 2 unspecified atom stereocenters. The number of anilines is 1. The van der Waals surface area contributed by atoms with E-state index in [1.165, 1.54) is 5.56 Å². The molecule has 2 atom stereocenters. The summed E-state index contributed by atoms with van der Waals surface area (Å²) in [5, 5.41) is 23.0. The molecule has 0 spiro atoms. The topological polar surface area (TPSA) is 113 Å². The molecular weight excluding hydrogens is 394 g/mol. The van der Waals surface area contributed by atoms with Crippen LogP contribution < -0.4 is 5.32 Å². The molecule has 160 valence electrons. The van der Waals surface area contributed by atoms with Crippen molar-refractivity contribution in [2.45, 2.75) is 37.8 Å². The normalized spacial score (nSPS) is 15.3. The number of carboxylic acids is 1. The summed E-state index contributed by atoms with van der Waals surface area (Å²) in [6, 6.07) is 7.55. The lowest BCUT2D eigenvalue weighted by Gasteiger charge is -2.18. The molecule has 0 saturated carbocycles. The summed E-state index contributed by atoms with van der Waals surface area (Å²) < 4.78 is 1.85. The second-order valence-corrected chi connectivity index (χ2v) is 7.65. The summed E-state index contributed by atoms with van der Waals surface area (Å²) >= 11 is 0. The lowest BCUT2D eigenvalue weighted by atomic mass is 9.97. The summed E-state index contributed by atoms with van der Waals surface area (Å²) in [5.74, 6) is -0.223. The van der Waals surface area contributed by atoms with Crippen molar-refractivity contribution in [1.29, 1.82) is 0 Å². The molecule has 8 nitrogen and oxygen atoms in total. The molecule has 0 fully saturated rings. The van der Waals surface area contributed by atoms with Gasteiger partial charge < -0.3 is 20.1 Å². The third-order valence-corrected chi connectivity index (χ3v) is 5.33. The Morgan fingerprint density at radius 1 is 1.32 bits per heavy atom. The molecule has 0 saturated heterocycles. The number of hydrogen-bond donors (Lipinski definition) is 3. The lowest BCUT2D eigenvalue weighted by molar-refractivity contribution is -0.137. The van der Waals surface area contributed by atoms with E-state index in [0.29, 0.717) is 17.9 Å². The molecule has 3 aromatic heterocycles. The van der Waals surface area contributed by atoms with E-state index in [1.807, 2.05) is 29.0 Å². The molecule has 3 N–H and O–H groups in total. The number of fused-ring (bicyclic) bond motifs is 1. The molecule has 0 amide bonds. The molecule has 1 aliphatic heterocycles. The van der Waals surface area contributed by atoms with Crippen LogP contribution in [-0.4, -0.2) is 42.2 Å². The predicted molar refractivity (Wildman–Crippen MR) is 116 cm³/mol. The maximum absolute atomic E-state index is 11.3. The van der Waals surface area contributed by atoms with Gasteiger partial charge in [0.25, 0.3) is 0 Å². The van der Waals surface area contributed by atoms with E-state index in [9.17, 15) is 15.0 Å². The van der Waals surface area contributed by atoms with Crippen molar-refractivity contribution < 1.29 is 15.0 Å². The first-order valence-electron chi connectivity index (χ1n) is 10.3. The van der Waals surface area contributed by atoms with Gasteiger partial charge in [-0.3, -0.25) is 9.78 Å². The van der Waals surface area contributed by atoms with Crippen LogP contribution in [0.5, 0.6) is 0 Å². The summed E-state index contributed by atoms with van der Waals surface area (Å²) in [7, 11) is 0. The van der Waals surface area contributed by atoms with Gasteiger partial charge in [-0.05, 0) is 48.3 Å². The number of hydrogen-bond acceptors (Lipinski definition) is 6. The fraction of sp³-hybridized carbons (Fsp3) is 0.304. The van der Waals surface area contributed by atoms with Crippen LogP contribution >= 0.6 is 0 Å². The zero-order valence-electron chi connectivity index (χ0n) is 17.1.